The summed E-state index contributed by atoms with van der Waals surface area (Å²) in [5, 5.41) is 11.6. The van der Waals surface area contributed by atoms with E-state index in [1.54, 1.807) is 6.07 Å². The quantitative estimate of drug-likeness (QED) is 0.180. The maximum Gasteiger partial charge on any atom is 0.140 e. The summed E-state index contributed by atoms with van der Waals surface area (Å²) < 4.78 is 0. The van der Waals surface area contributed by atoms with Gasteiger partial charge in [0.05, 0.1) is 0 Å². The molecule has 0 saturated carbocycles. The van der Waals surface area contributed by atoms with E-state index in [-0.39, 0.29) is 32.2 Å². The summed E-state index contributed by atoms with van der Waals surface area (Å²) in [6, 6.07) is 41.8. The van der Waals surface area contributed by atoms with Crippen LogP contribution < -0.4 is 4.90 Å². The zero-order valence-corrected chi connectivity index (χ0v) is 31.3. The van der Waals surface area contributed by atoms with Crippen molar-refractivity contribution >= 4 is 28.1 Å². The first-order valence-corrected chi connectivity index (χ1v) is 16.8. The van der Waals surface area contributed by atoms with Gasteiger partial charge in [-0.3, -0.25) is 4.98 Å². The molecule has 1 aliphatic heterocycles. The molecule has 4 nitrogen and oxygen atoms in total. The third kappa shape index (κ3) is 5.43. The van der Waals surface area contributed by atoms with Crippen LogP contribution in [0, 0.1) is 33.8 Å². The predicted octanol–water partition coefficient (Wildman–Crippen LogP) is 11.5. The topological polar surface area (TPSA) is 49.2 Å². The third-order valence-corrected chi connectivity index (χ3v) is 10.2. The number of hydrogen-bond acceptors (Lipinski definition) is 4. The van der Waals surface area contributed by atoms with Crippen LogP contribution in [0.5, 0.6) is 5.75 Å². The molecule has 0 fully saturated rings. The molecule has 3 heterocycles. The van der Waals surface area contributed by atoms with Crippen LogP contribution >= 0.6 is 0 Å². The van der Waals surface area contributed by atoms with E-state index in [0.29, 0.717) is 5.52 Å². The Balaban J connectivity index is 0.00000392. The van der Waals surface area contributed by atoms with E-state index in [4.69, 9.17) is 9.97 Å². The van der Waals surface area contributed by atoms with Gasteiger partial charge >= 0.3 is 0 Å². The Morgan fingerprint density at radius 2 is 1.40 bits per heavy atom. The minimum absolute atomic E-state index is 0. The number of para-hydroxylation sites is 1. The number of fused-ring (bicyclic) bond motifs is 3. The molecule has 0 atom stereocenters. The van der Waals surface area contributed by atoms with Crippen molar-refractivity contribution in [1.82, 2.24) is 9.97 Å². The number of aryl methyl sites for hydroxylation is 4. The van der Waals surface area contributed by atoms with Gasteiger partial charge < -0.3 is 10.0 Å². The molecular formula is C45H38N3OPt-. The molecule has 5 aromatic carbocycles. The van der Waals surface area contributed by atoms with Crippen molar-refractivity contribution in [3.05, 3.63) is 155 Å². The van der Waals surface area contributed by atoms with Crippen LogP contribution in [0.2, 0.25) is 0 Å². The number of anilines is 3. The van der Waals surface area contributed by atoms with Gasteiger partial charge in [-0.25, -0.2) is 4.98 Å². The summed E-state index contributed by atoms with van der Waals surface area (Å²) in [6.07, 6.45) is 2.00. The van der Waals surface area contributed by atoms with Gasteiger partial charge in [0.15, 0.2) is 0 Å². The number of hydrogen-bond donors (Lipinski definition) is 1. The van der Waals surface area contributed by atoms with E-state index < -0.39 is 0 Å². The maximum absolute atomic E-state index is 10.7. The van der Waals surface area contributed by atoms with Crippen LogP contribution in [0.3, 0.4) is 0 Å². The number of aromatic nitrogens is 2. The van der Waals surface area contributed by atoms with Crippen molar-refractivity contribution in [3.8, 4) is 39.3 Å². The number of rotatable bonds is 4. The second-order valence-corrected chi connectivity index (χ2v) is 13.8. The molecule has 0 unspecified atom stereocenters. The van der Waals surface area contributed by atoms with Crippen molar-refractivity contribution in [2.75, 3.05) is 4.90 Å². The predicted molar refractivity (Wildman–Crippen MR) is 202 cm³/mol. The summed E-state index contributed by atoms with van der Waals surface area (Å²) in [6.45, 7) is 13.1. The summed E-state index contributed by atoms with van der Waals surface area (Å²) in [5.41, 5.74) is 15.9. The maximum atomic E-state index is 10.7. The molecule has 0 bridgehead atoms. The first kappa shape index (κ1) is 33.4. The molecule has 1 N–H and O–H groups in total. The standard InChI is InChI=1S/C45H38N3O.Pt/c1-27-16-21-41(49)44-34(27)18-20-38(47-44)32-17-19-37-40(24-32)48(39-15-11-10-14-36(39)45(37,5)6)42-25-35(30(4)26-46-42)43-28(2)22-33(23-29(43)3)31-12-8-7-9-13-31;/h7-23,25-26,49H,1-6H3;/q-1;. The molecule has 0 spiro atoms. The Morgan fingerprint density at radius 1 is 0.680 bits per heavy atom. The van der Waals surface area contributed by atoms with E-state index >= 15 is 0 Å². The van der Waals surface area contributed by atoms with Crippen molar-refractivity contribution < 1.29 is 26.2 Å². The molecule has 8 rings (SSSR count). The minimum atomic E-state index is -0.266. The average molecular weight is 832 g/mol. The van der Waals surface area contributed by atoms with Crippen LogP contribution in [0.15, 0.2) is 115 Å². The van der Waals surface area contributed by atoms with Crippen LogP contribution in [-0.2, 0) is 26.5 Å². The van der Waals surface area contributed by atoms with Crippen LogP contribution in [-0.4, -0.2) is 15.1 Å². The van der Waals surface area contributed by atoms with Gasteiger partial charge in [0.2, 0.25) is 0 Å². The zero-order valence-electron chi connectivity index (χ0n) is 29.1. The van der Waals surface area contributed by atoms with Crippen LogP contribution in [0.4, 0.5) is 17.2 Å². The Bertz CT molecular complexity index is 2410. The SMILES string of the molecule is Cc1cnc(N2c3[c-]c(-c4ccc5c(C)ccc(O)c5n4)ccc3C(C)(C)c3ccccc32)cc1-c1c(C)cc(-c2ccccc2)cc1C.[Pt]. The van der Waals surface area contributed by atoms with Gasteiger partial charge in [0.1, 0.15) is 17.1 Å². The molecule has 0 amide bonds. The molecule has 1 aliphatic rings. The molecule has 0 saturated heterocycles. The number of aromatic hydroxyl groups is 1. The smallest absolute Gasteiger partial charge is 0.140 e. The van der Waals surface area contributed by atoms with Crippen LogP contribution in [0.1, 0.15) is 47.2 Å². The monoisotopic (exact) mass is 831 g/mol. The molecule has 50 heavy (non-hydrogen) atoms. The van der Waals surface area contributed by atoms with Gasteiger partial charge in [0.25, 0.3) is 0 Å². The fourth-order valence-corrected chi connectivity index (χ4v) is 7.60. The Labute approximate surface area is 308 Å². The third-order valence-electron chi connectivity index (χ3n) is 10.2. The number of nitrogens with zero attached hydrogens (tertiary/aromatic N) is 3. The van der Waals surface area contributed by atoms with Crippen LogP contribution in [0.25, 0.3) is 44.4 Å². The largest absolute Gasteiger partial charge is 0.506 e. The summed E-state index contributed by atoms with van der Waals surface area (Å²) >= 11 is 0. The Hall–Kier alpha value is -5.05. The average Bonchev–Trinajstić information content (AvgIpc) is 3.11. The molecular weight excluding hydrogens is 794 g/mol. The van der Waals surface area contributed by atoms with Crippen molar-refractivity contribution in [2.45, 2.75) is 47.0 Å². The molecule has 5 heteroatoms. The number of phenolic OH excluding ortho intramolecular Hbond substituents is 1. The Morgan fingerprint density at radius 3 is 2.16 bits per heavy atom. The van der Waals surface area contributed by atoms with E-state index in [1.165, 1.54) is 38.9 Å². The van der Waals surface area contributed by atoms with E-state index in [2.05, 4.69) is 131 Å². The van der Waals surface area contributed by atoms with Gasteiger partial charge in [-0.15, -0.1) is 23.8 Å². The first-order valence-electron chi connectivity index (χ1n) is 16.8. The molecule has 0 aliphatic carbocycles. The first-order chi connectivity index (χ1) is 23.6. The normalized spacial score (nSPS) is 13.0. The second-order valence-electron chi connectivity index (χ2n) is 13.8. The fourth-order valence-electron chi connectivity index (χ4n) is 7.60. The molecule has 0 radical (unpaired) electrons. The molecule has 250 valence electrons. The Kier molecular flexibility index (Phi) is 8.48. The van der Waals surface area contributed by atoms with Crippen molar-refractivity contribution in [3.63, 3.8) is 0 Å². The molecule has 2 aromatic heterocycles. The second kappa shape index (κ2) is 12.7. The van der Waals surface area contributed by atoms with Crippen molar-refractivity contribution in [2.24, 2.45) is 0 Å². The van der Waals surface area contributed by atoms with Gasteiger partial charge in [-0.05, 0) is 113 Å². The van der Waals surface area contributed by atoms with Gasteiger partial charge in [-0.2, -0.15) is 0 Å². The number of benzene rings is 5. The molecule has 7 aromatic rings. The van der Waals surface area contributed by atoms with E-state index in [0.717, 1.165) is 50.5 Å². The van der Waals surface area contributed by atoms with E-state index in [9.17, 15) is 5.11 Å². The van der Waals surface area contributed by atoms with Crippen molar-refractivity contribution in [1.29, 1.82) is 0 Å². The summed E-state index contributed by atoms with van der Waals surface area (Å²) in [5.74, 6) is 1.01. The van der Waals surface area contributed by atoms with Gasteiger partial charge in [-0.1, -0.05) is 98.3 Å². The summed E-state index contributed by atoms with van der Waals surface area (Å²) in [7, 11) is 0. The minimum Gasteiger partial charge on any atom is -0.506 e. The zero-order chi connectivity index (χ0) is 34.0. The summed E-state index contributed by atoms with van der Waals surface area (Å²) in [4.78, 5) is 12.3. The van der Waals surface area contributed by atoms with E-state index in [1.807, 2.05) is 31.3 Å². The number of phenols is 1. The fraction of sp³-hybridized carbons (Fsp3) is 0.156. The number of pyridine rings is 2. The van der Waals surface area contributed by atoms with Gasteiger partial charge in [0, 0.05) is 38.3 Å².